The summed E-state index contributed by atoms with van der Waals surface area (Å²) in [4.78, 5) is 0. The lowest BCUT2D eigenvalue weighted by atomic mass is 9.84. The van der Waals surface area contributed by atoms with E-state index in [0.29, 0.717) is 0 Å². The summed E-state index contributed by atoms with van der Waals surface area (Å²) >= 11 is 0. The molecule has 0 aliphatic heterocycles. The molecule has 0 heterocycles. The van der Waals surface area contributed by atoms with Crippen LogP contribution >= 0.6 is 0 Å². The average molecular weight is 261 g/mol. The van der Waals surface area contributed by atoms with E-state index in [4.69, 9.17) is 10.5 Å². The van der Waals surface area contributed by atoms with Gasteiger partial charge in [0.25, 0.3) is 0 Å². The number of aryl methyl sites for hydroxylation is 2. The Hall–Kier alpha value is -1.02. The molecule has 0 saturated heterocycles. The number of rotatable bonds is 4. The Morgan fingerprint density at radius 1 is 1.21 bits per heavy atom. The quantitative estimate of drug-likeness (QED) is 0.897. The maximum atomic E-state index is 6.24. The lowest BCUT2D eigenvalue weighted by Crippen LogP contribution is -2.47. The van der Waals surface area contributed by atoms with Crippen LogP contribution in [0.4, 0.5) is 0 Å². The van der Waals surface area contributed by atoms with E-state index in [2.05, 4.69) is 45.9 Å². The van der Waals surface area contributed by atoms with Crippen LogP contribution in [0, 0.1) is 5.41 Å². The molecule has 2 atom stereocenters. The zero-order valence-corrected chi connectivity index (χ0v) is 12.7. The molecule has 0 amide bonds. The highest BCUT2D eigenvalue weighted by Gasteiger charge is 2.31. The molecule has 0 saturated carbocycles. The Morgan fingerprint density at radius 3 is 2.53 bits per heavy atom. The highest BCUT2D eigenvalue weighted by atomic mass is 16.5. The van der Waals surface area contributed by atoms with Crippen LogP contribution in [0.1, 0.15) is 51.7 Å². The molecule has 0 aromatic heterocycles. The van der Waals surface area contributed by atoms with Gasteiger partial charge in [0, 0.05) is 11.5 Å². The minimum Gasteiger partial charge on any atom is -0.488 e. The first-order valence-corrected chi connectivity index (χ1v) is 7.46. The molecule has 0 bridgehead atoms. The van der Waals surface area contributed by atoms with Crippen molar-refractivity contribution >= 4 is 0 Å². The summed E-state index contributed by atoms with van der Waals surface area (Å²) in [7, 11) is 0. The molecule has 1 aliphatic carbocycles. The first-order valence-electron chi connectivity index (χ1n) is 7.46. The third kappa shape index (κ3) is 3.30. The first-order chi connectivity index (χ1) is 8.91. The predicted octanol–water partition coefficient (Wildman–Crippen LogP) is 3.71. The van der Waals surface area contributed by atoms with Crippen molar-refractivity contribution in [3.05, 3.63) is 29.3 Å². The standard InChI is InChI=1S/C17H27NO/c1-5-15(18)16(17(2,3)4)19-14-10-9-12-7-6-8-13(12)11-14/h9-11,15-16H,5-8,18H2,1-4H3. The van der Waals surface area contributed by atoms with Crippen LogP contribution in [-0.2, 0) is 12.8 Å². The van der Waals surface area contributed by atoms with Gasteiger partial charge in [0.2, 0.25) is 0 Å². The van der Waals surface area contributed by atoms with Crippen molar-refractivity contribution in [1.29, 1.82) is 0 Å². The van der Waals surface area contributed by atoms with E-state index in [1.54, 1.807) is 0 Å². The molecule has 1 aromatic rings. The topological polar surface area (TPSA) is 35.2 Å². The van der Waals surface area contributed by atoms with Gasteiger partial charge in [0.1, 0.15) is 11.9 Å². The molecule has 0 fully saturated rings. The fourth-order valence-corrected chi connectivity index (χ4v) is 2.89. The fourth-order valence-electron chi connectivity index (χ4n) is 2.89. The minimum absolute atomic E-state index is 0.0500. The van der Waals surface area contributed by atoms with Gasteiger partial charge in [-0.1, -0.05) is 33.8 Å². The van der Waals surface area contributed by atoms with E-state index >= 15 is 0 Å². The van der Waals surface area contributed by atoms with E-state index in [0.717, 1.165) is 12.2 Å². The predicted molar refractivity (Wildman–Crippen MR) is 80.6 cm³/mol. The number of fused-ring (bicyclic) bond motifs is 1. The molecule has 2 rings (SSSR count). The van der Waals surface area contributed by atoms with Gasteiger partial charge in [0.15, 0.2) is 0 Å². The second-order valence-electron chi connectivity index (χ2n) is 6.76. The van der Waals surface area contributed by atoms with Crippen molar-refractivity contribution in [2.24, 2.45) is 11.1 Å². The van der Waals surface area contributed by atoms with Crippen molar-refractivity contribution in [1.82, 2.24) is 0 Å². The second kappa shape index (κ2) is 5.54. The summed E-state index contributed by atoms with van der Waals surface area (Å²) in [5.41, 5.74) is 9.23. The zero-order chi connectivity index (χ0) is 14.0. The molecule has 2 unspecified atom stereocenters. The summed E-state index contributed by atoms with van der Waals surface area (Å²) in [5, 5.41) is 0. The SMILES string of the molecule is CCC(N)C(Oc1ccc2c(c1)CCC2)C(C)(C)C. The van der Waals surface area contributed by atoms with Crippen molar-refractivity contribution in [2.45, 2.75) is 65.5 Å². The Morgan fingerprint density at radius 2 is 1.89 bits per heavy atom. The normalized spacial score (nSPS) is 17.9. The third-order valence-corrected chi connectivity index (χ3v) is 4.05. The van der Waals surface area contributed by atoms with Gasteiger partial charge in [-0.3, -0.25) is 0 Å². The fraction of sp³-hybridized carbons (Fsp3) is 0.647. The minimum atomic E-state index is 0.0500. The summed E-state index contributed by atoms with van der Waals surface area (Å²) in [6, 6.07) is 6.61. The van der Waals surface area contributed by atoms with Gasteiger partial charge in [0.05, 0.1) is 0 Å². The molecule has 0 spiro atoms. The van der Waals surface area contributed by atoms with Crippen molar-refractivity contribution in [2.75, 3.05) is 0 Å². The summed E-state index contributed by atoms with van der Waals surface area (Å²) < 4.78 is 6.23. The highest BCUT2D eigenvalue weighted by molar-refractivity contribution is 5.38. The molecular weight excluding hydrogens is 234 g/mol. The van der Waals surface area contributed by atoms with E-state index in [9.17, 15) is 0 Å². The van der Waals surface area contributed by atoms with Crippen LogP contribution in [-0.4, -0.2) is 12.1 Å². The van der Waals surface area contributed by atoms with Crippen molar-refractivity contribution < 1.29 is 4.74 Å². The highest BCUT2D eigenvalue weighted by Crippen LogP contribution is 2.31. The number of ether oxygens (including phenoxy) is 1. The maximum absolute atomic E-state index is 6.24. The Labute approximate surface area is 117 Å². The molecule has 2 N–H and O–H groups in total. The summed E-state index contributed by atoms with van der Waals surface area (Å²) in [5.74, 6) is 0.976. The lowest BCUT2D eigenvalue weighted by Gasteiger charge is -2.35. The van der Waals surface area contributed by atoms with Gasteiger partial charge in [-0.05, 0) is 48.9 Å². The summed E-state index contributed by atoms with van der Waals surface area (Å²) in [6.07, 6.45) is 4.67. The van der Waals surface area contributed by atoms with Gasteiger partial charge < -0.3 is 10.5 Å². The molecule has 2 heteroatoms. The third-order valence-electron chi connectivity index (χ3n) is 4.05. The Balaban J connectivity index is 2.17. The molecule has 0 radical (unpaired) electrons. The lowest BCUT2D eigenvalue weighted by molar-refractivity contribution is 0.0621. The second-order valence-corrected chi connectivity index (χ2v) is 6.76. The first kappa shape index (κ1) is 14.4. The van der Waals surface area contributed by atoms with Gasteiger partial charge in [-0.15, -0.1) is 0 Å². The number of nitrogens with two attached hydrogens (primary N) is 1. The van der Waals surface area contributed by atoms with Crippen molar-refractivity contribution in [3.63, 3.8) is 0 Å². The monoisotopic (exact) mass is 261 g/mol. The smallest absolute Gasteiger partial charge is 0.120 e. The van der Waals surface area contributed by atoms with Gasteiger partial charge >= 0.3 is 0 Å². The van der Waals surface area contributed by atoms with E-state index in [-0.39, 0.29) is 17.6 Å². The van der Waals surface area contributed by atoms with Crippen LogP contribution in [0.25, 0.3) is 0 Å². The molecular formula is C17H27NO. The van der Waals surface area contributed by atoms with Crippen LogP contribution in [0.5, 0.6) is 5.75 Å². The van der Waals surface area contributed by atoms with Crippen LogP contribution in [0.3, 0.4) is 0 Å². The Bertz CT molecular complexity index is 433. The molecule has 19 heavy (non-hydrogen) atoms. The Kier molecular flexibility index (Phi) is 4.19. The number of benzene rings is 1. The maximum Gasteiger partial charge on any atom is 0.120 e. The van der Waals surface area contributed by atoms with E-state index in [1.165, 1.54) is 30.4 Å². The van der Waals surface area contributed by atoms with Crippen LogP contribution in [0.15, 0.2) is 18.2 Å². The van der Waals surface area contributed by atoms with E-state index < -0.39 is 0 Å². The largest absolute Gasteiger partial charge is 0.488 e. The van der Waals surface area contributed by atoms with Crippen LogP contribution < -0.4 is 10.5 Å². The molecule has 1 aromatic carbocycles. The zero-order valence-electron chi connectivity index (χ0n) is 12.7. The van der Waals surface area contributed by atoms with Crippen molar-refractivity contribution in [3.8, 4) is 5.75 Å². The number of hydrogen-bond acceptors (Lipinski definition) is 2. The molecule has 106 valence electrons. The van der Waals surface area contributed by atoms with Gasteiger partial charge in [-0.25, -0.2) is 0 Å². The van der Waals surface area contributed by atoms with Gasteiger partial charge in [-0.2, -0.15) is 0 Å². The average Bonchev–Trinajstić information content (AvgIpc) is 2.81. The van der Waals surface area contributed by atoms with E-state index in [1.807, 2.05) is 0 Å². The summed E-state index contributed by atoms with van der Waals surface area (Å²) in [6.45, 7) is 8.71. The molecule has 1 aliphatic rings. The number of hydrogen-bond donors (Lipinski definition) is 1. The molecule has 2 nitrogen and oxygen atoms in total. The van der Waals surface area contributed by atoms with Crippen LogP contribution in [0.2, 0.25) is 0 Å².